The van der Waals surface area contributed by atoms with Crippen LogP contribution >= 0.6 is 0 Å². The van der Waals surface area contributed by atoms with Crippen molar-refractivity contribution in [2.24, 2.45) is 0 Å². The molecule has 0 aliphatic carbocycles. The molecule has 0 bridgehead atoms. The monoisotopic (exact) mass is 1250 g/mol. The average Bonchev–Trinajstić information content (AvgIpc) is 1.57. The molecule has 0 radical (unpaired) electrons. The lowest BCUT2D eigenvalue weighted by atomic mass is 9.97. The molecule has 0 saturated heterocycles. The van der Waals surface area contributed by atoms with Crippen LogP contribution in [0.5, 0.6) is 0 Å². The molecule has 454 valence electrons. The van der Waals surface area contributed by atoms with Crippen molar-refractivity contribution >= 4 is 43.6 Å². The van der Waals surface area contributed by atoms with Gasteiger partial charge in [0.05, 0.1) is 68.3 Å². The Labute approximate surface area is 566 Å². The summed E-state index contributed by atoms with van der Waals surface area (Å²) >= 11 is 0. The summed E-state index contributed by atoms with van der Waals surface area (Å²) < 4.78 is 4.69. The fourth-order valence-corrected chi connectivity index (χ4v) is 13.9. The summed E-state index contributed by atoms with van der Waals surface area (Å²) in [6.07, 6.45) is 0. The fraction of sp³-hybridized carbons (Fsp3) is 0. The Kier molecular flexibility index (Phi) is 14.5. The zero-order valence-electron chi connectivity index (χ0n) is 52.8. The van der Waals surface area contributed by atoms with Crippen LogP contribution in [0.25, 0.3) is 167 Å². The molecule has 98 heavy (non-hydrogen) atoms. The standard InChI is InChI=1S/C90H54N8/c91-55-58-16-13-27-67(46-58)65-30-32-66(33-31-65)88-94-89(74-38-44-82(76(53-74)72-28-14-17-59(47-72)56-92)97-84-40-34-68(61-19-5-1-6-20-61)49-78(84)79-50-69(35-41-85(79)97)62-21-7-2-8-22-62)96-90(95-88)75-39-45-83(77(54-75)73-29-15-18-60(48-73)57-93)98-86-42-36-70(63-23-9-3-10-24-63)51-80(86)81-52-71(37-43-87(81)98)64-25-11-4-12-26-64/h1-54H. The van der Waals surface area contributed by atoms with E-state index in [1.807, 2.05) is 103 Å². The van der Waals surface area contributed by atoms with E-state index in [1.165, 1.54) is 0 Å². The highest BCUT2D eigenvalue weighted by Gasteiger charge is 2.24. The Morgan fingerprint density at radius 1 is 0.204 bits per heavy atom. The quantitative estimate of drug-likeness (QED) is 0.120. The highest BCUT2D eigenvalue weighted by atomic mass is 15.0. The molecule has 0 saturated carbocycles. The average molecular weight is 1250 g/mol. The molecule has 0 N–H and O–H groups in total. The molecular weight excluding hydrogens is 1190 g/mol. The molecule has 8 nitrogen and oxygen atoms in total. The van der Waals surface area contributed by atoms with Crippen LogP contribution in [0.4, 0.5) is 0 Å². The second-order valence-corrected chi connectivity index (χ2v) is 24.5. The molecule has 0 atom stereocenters. The third kappa shape index (κ3) is 10.6. The predicted octanol–water partition coefficient (Wildman–Crippen LogP) is 22.4. The van der Waals surface area contributed by atoms with E-state index < -0.39 is 0 Å². The smallest absolute Gasteiger partial charge is 0.164 e. The Bertz CT molecular complexity index is 5610. The minimum atomic E-state index is 0.435. The van der Waals surface area contributed by atoms with Gasteiger partial charge in [0.15, 0.2) is 17.5 Å². The van der Waals surface area contributed by atoms with Crippen molar-refractivity contribution in [3.8, 4) is 142 Å². The topological polar surface area (TPSA) is 120 Å². The van der Waals surface area contributed by atoms with Gasteiger partial charge in [0, 0.05) is 49.4 Å². The van der Waals surface area contributed by atoms with Crippen molar-refractivity contribution in [2.45, 2.75) is 0 Å². The number of nitrogens with zero attached hydrogens (tertiary/aromatic N) is 8. The fourth-order valence-electron chi connectivity index (χ4n) is 13.9. The molecule has 0 unspecified atom stereocenters. The minimum Gasteiger partial charge on any atom is -0.309 e. The zero-order valence-corrected chi connectivity index (χ0v) is 52.8. The number of fused-ring (bicyclic) bond motifs is 6. The third-order valence-electron chi connectivity index (χ3n) is 18.7. The van der Waals surface area contributed by atoms with Crippen molar-refractivity contribution in [3.63, 3.8) is 0 Å². The summed E-state index contributed by atoms with van der Waals surface area (Å²) in [4.78, 5) is 16.3. The van der Waals surface area contributed by atoms with E-state index in [1.54, 1.807) is 6.07 Å². The van der Waals surface area contributed by atoms with Crippen molar-refractivity contribution in [1.82, 2.24) is 24.1 Å². The van der Waals surface area contributed by atoms with Crippen LogP contribution in [-0.4, -0.2) is 24.1 Å². The summed E-state index contributed by atoms with van der Waals surface area (Å²) in [6, 6.07) is 120. The molecular formula is C90H54N8. The number of benzene rings is 14. The van der Waals surface area contributed by atoms with Gasteiger partial charge in [-0.05, 0) is 188 Å². The second-order valence-electron chi connectivity index (χ2n) is 24.5. The van der Waals surface area contributed by atoms with E-state index in [-0.39, 0.29) is 0 Å². The highest BCUT2D eigenvalue weighted by molar-refractivity contribution is 6.14. The SMILES string of the molecule is N#Cc1cccc(-c2ccc(-c3nc(-c4ccc(-n5c6ccc(-c7ccccc7)cc6c6cc(-c7ccccc7)ccc65)c(-c5cccc(C#N)c5)c4)nc(-c4ccc(-n5c6ccc(-c7ccccc7)cc6c6cc(-c7ccccc7)ccc65)c(-c5cccc(C#N)c5)c4)n3)cc2)c1. The maximum Gasteiger partial charge on any atom is 0.164 e. The molecule has 17 rings (SSSR count). The molecule has 8 heteroatoms. The zero-order chi connectivity index (χ0) is 65.6. The van der Waals surface area contributed by atoms with Gasteiger partial charge in [-0.3, -0.25) is 0 Å². The summed E-state index contributed by atoms with van der Waals surface area (Å²) in [7, 11) is 0. The molecule has 0 amide bonds. The first-order chi connectivity index (χ1) is 48.4. The maximum absolute atomic E-state index is 10.5. The molecule has 3 heterocycles. The van der Waals surface area contributed by atoms with Gasteiger partial charge in [-0.2, -0.15) is 15.8 Å². The van der Waals surface area contributed by atoms with E-state index in [2.05, 4.69) is 246 Å². The molecule has 14 aromatic carbocycles. The molecule has 0 spiro atoms. The van der Waals surface area contributed by atoms with E-state index in [4.69, 9.17) is 15.0 Å². The van der Waals surface area contributed by atoms with Crippen LogP contribution in [0.1, 0.15) is 16.7 Å². The van der Waals surface area contributed by atoms with Crippen LogP contribution in [0, 0.1) is 34.0 Å². The van der Waals surface area contributed by atoms with Gasteiger partial charge < -0.3 is 9.13 Å². The first-order valence-electron chi connectivity index (χ1n) is 32.5. The van der Waals surface area contributed by atoms with Crippen LogP contribution in [0.3, 0.4) is 0 Å². The van der Waals surface area contributed by atoms with Gasteiger partial charge in [-0.15, -0.1) is 0 Å². The lowest BCUT2D eigenvalue weighted by molar-refractivity contribution is 1.07. The summed E-state index contributed by atoms with van der Waals surface area (Å²) in [5.41, 5.74) is 24.0. The van der Waals surface area contributed by atoms with Crippen molar-refractivity contribution in [2.75, 3.05) is 0 Å². The predicted molar refractivity (Wildman–Crippen MR) is 397 cm³/mol. The van der Waals surface area contributed by atoms with Crippen molar-refractivity contribution in [3.05, 3.63) is 344 Å². The van der Waals surface area contributed by atoms with Gasteiger partial charge in [-0.1, -0.05) is 206 Å². The van der Waals surface area contributed by atoms with Crippen LogP contribution < -0.4 is 0 Å². The van der Waals surface area contributed by atoms with E-state index >= 15 is 0 Å². The molecule has 0 aliphatic rings. The second kappa shape index (κ2) is 24.6. The Balaban J connectivity index is 0.881. The molecule has 3 aromatic heterocycles. The van der Waals surface area contributed by atoms with E-state index in [0.29, 0.717) is 34.2 Å². The first kappa shape index (κ1) is 58.0. The summed E-state index contributed by atoms with van der Waals surface area (Å²) in [5, 5.41) is 35.2. The van der Waals surface area contributed by atoms with Crippen molar-refractivity contribution < 1.29 is 0 Å². The number of nitriles is 3. The van der Waals surface area contributed by atoms with E-state index in [0.717, 1.165) is 150 Å². The summed E-state index contributed by atoms with van der Waals surface area (Å²) in [6.45, 7) is 0. The number of rotatable bonds is 12. The number of hydrogen-bond donors (Lipinski definition) is 0. The van der Waals surface area contributed by atoms with Crippen LogP contribution in [-0.2, 0) is 0 Å². The van der Waals surface area contributed by atoms with Gasteiger partial charge in [0.1, 0.15) is 0 Å². The molecule has 0 fully saturated rings. The maximum atomic E-state index is 10.5. The largest absolute Gasteiger partial charge is 0.309 e. The Morgan fingerprint density at radius 3 is 0.796 bits per heavy atom. The van der Waals surface area contributed by atoms with Gasteiger partial charge in [-0.25, -0.2) is 15.0 Å². The van der Waals surface area contributed by atoms with Gasteiger partial charge in [0.2, 0.25) is 0 Å². The Morgan fingerprint density at radius 2 is 0.459 bits per heavy atom. The first-order valence-corrected chi connectivity index (χ1v) is 32.5. The lowest BCUT2D eigenvalue weighted by Gasteiger charge is -2.17. The Hall–Kier alpha value is -13.8. The van der Waals surface area contributed by atoms with Gasteiger partial charge >= 0.3 is 0 Å². The number of aromatic nitrogens is 5. The molecule has 0 aliphatic heterocycles. The third-order valence-corrected chi connectivity index (χ3v) is 18.7. The summed E-state index contributed by atoms with van der Waals surface area (Å²) in [5.74, 6) is 1.32. The minimum absolute atomic E-state index is 0.435. The van der Waals surface area contributed by atoms with E-state index in [9.17, 15) is 15.8 Å². The lowest BCUT2D eigenvalue weighted by Crippen LogP contribution is -2.03. The highest BCUT2D eigenvalue weighted by Crippen LogP contribution is 2.44. The van der Waals surface area contributed by atoms with Crippen LogP contribution in [0.2, 0.25) is 0 Å². The normalized spacial score (nSPS) is 11.2. The van der Waals surface area contributed by atoms with Gasteiger partial charge in [0.25, 0.3) is 0 Å². The van der Waals surface area contributed by atoms with Crippen LogP contribution in [0.15, 0.2) is 328 Å². The van der Waals surface area contributed by atoms with Crippen molar-refractivity contribution in [1.29, 1.82) is 15.8 Å². The molecule has 17 aromatic rings. The number of hydrogen-bond acceptors (Lipinski definition) is 6.